The predicted molar refractivity (Wildman–Crippen MR) is 97.7 cm³/mol. The summed E-state index contributed by atoms with van der Waals surface area (Å²) >= 11 is 0. The summed E-state index contributed by atoms with van der Waals surface area (Å²) in [4.78, 5) is 20.0. The van der Waals surface area contributed by atoms with E-state index in [1.54, 1.807) is 29.8 Å². The van der Waals surface area contributed by atoms with Crippen LogP contribution in [0.15, 0.2) is 53.3 Å². The number of carbonyl (C=O) groups excluding carboxylic acids is 1. The lowest BCUT2D eigenvalue weighted by Gasteiger charge is -2.04. The van der Waals surface area contributed by atoms with E-state index in [4.69, 9.17) is 4.74 Å². The highest BCUT2D eigenvalue weighted by atomic mass is 19.4. The molecule has 0 aliphatic heterocycles. The maximum Gasteiger partial charge on any atom is 0.471 e. The lowest BCUT2D eigenvalue weighted by molar-refractivity contribution is -0.159. The van der Waals surface area contributed by atoms with E-state index in [1.807, 2.05) is 12.1 Å². The van der Waals surface area contributed by atoms with E-state index in [-0.39, 0.29) is 17.1 Å². The molecule has 0 spiro atoms. The molecular weight excluding hydrogens is 403 g/mol. The van der Waals surface area contributed by atoms with Crippen molar-refractivity contribution in [2.24, 2.45) is 0 Å². The summed E-state index contributed by atoms with van der Waals surface area (Å²) in [5, 5.41) is 6.11. The third-order valence-electron chi connectivity index (χ3n) is 4.23. The predicted octanol–water partition coefficient (Wildman–Crippen LogP) is 3.34. The number of fused-ring (bicyclic) bond motifs is 1. The van der Waals surface area contributed by atoms with Crippen molar-refractivity contribution in [2.75, 3.05) is 7.11 Å². The molecule has 154 valence electrons. The van der Waals surface area contributed by atoms with Gasteiger partial charge >= 0.3 is 12.1 Å². The van der Waals surface area contributed by atoms with Crippen LogP contribution in [0.5, 0.6) is 5.75 Å². The molecule has 0 atom stereocenters. The Bertz CT molecular complexity index is 1200. The molecule has 0 saturated carbocycles. The van der Waals surface area contributed by atoms with Crippen LogP contribution >= 0.6 is 0 Å². The van der Waals surface area contributed by atoms with Crippen molar-refractivity contribution in [2.45, 2.75) is 12.7 Å². The van der Waals surface area contributed by atoms with Gasteiger partial charge in [0.25, 0.3) is 5.91 Å². The van der Waals surface area contributed by atoms with Crippen molar-refractivity contribution >= 4 is 11.6 Å². The first-order chi connectivity index (χ1) is 14.3. The van der Waals surface area contributed by atoms with E-state index in [0.29, 0.717) is 17.9 Å². The molecule has 3 aromatic heterocycles. The Balaban J connectivity index is 1.50. The molecule has 3 heterocycles. The van der Waals surface area contributed by atoms with Crippen molar-refractivity contribution in [1.29, 1.82) is 0 Å². The molecule has 1 amide bonds. The van der Waals surface area contributed by atoms with Gasteiger partial charge in [0.15, 0.2) is 0 Å². The van der Waals surface area contributed by atoms with Gasteiger partial charge in [0.2, 0.25) is 5.82 Å². The van der Waals surface area contributed by atoms with E-state index in [9.17, 15) is 18.0 Å². The molecule has 1 aromatic carbocycles. The highest BCUT2D eigenvalue weighted by Crippen LogP contribution is 2.29. The number of nitrogens with one attached hydrogen (secondary N) is 1. The highest BCUT2D eigenvalue weighted by molar-refractivity contribution is 5.92. The Labute approximate surface area is 167 Å². The van der Waals surface area contributed by atoms with Crippen molar-refractivity contribution in [3.05, 3.63) is 65.9 Å². The zero-order valence-corrected chi connectivity index (χ0v) is 15.5. The zero-order chi connectivity index (χ0) is 21.3. The number of rotatable bonds is 5. The molecule has 4 rings (SSSR count). The van der Waals surface area contributed by atoms with Gasteiger partial charge in [0.1, 0.15) is 17.1 Å². The fourth-order valence-electron chi connectivity index (χ4n) is 2.70. The minimum Gasteiger partial charge on any atom is -0.497 e. The number of imidazole rings is 1. The number of amides is 1. The van der Waals surface area contributed by atoms with Gasteiger partial charge in [0.05, 0.1) is 7.11 Å². The molecule has 0 bridgehead atoms. The third-order valence-corrected chi connectivity index (χ3v) is 4.23. The monoisotopic (exact) mass is 417 g/mol. The van der Waals surface area contributed by atoms with E-state index in [2.05, 4.69) is 25.0 Å². The molecule has 8 nitrogen and oxygen atoms in total. The first kappa shape index (κ1) is 19.4. The molecule has 0 aliphatic carbocycles. The van der Waals surface area contributed by atoms with Crippen LogP contribution in [-0.2, 0) is 12.7 Å². The minimum absolute atomic E-state index is 0.157. The first-order valence-corrected chi connectivity index (χ1v) is 8.64. The van der Waals surface area contributed by atoms with Crippen molar-refractivity contribution < 1.29 is 27.2 Å². The van der Waals surface area contributed by atoms with Crippen molar-refractivity contribution in [3.63, 3.8) is 0 Å². The SMILES string of the molecule is COc1ccc(CNC(=O)c2cn3ccc(-c4noc(C(F)(F)F)n4)cc3n2)cc1. The average Bonchev–Trinajstić information content (AvgIpc) is 3.39. The molecule has 1 N–H and O–H groups in total. The molecule has 0 radical (unpaired) electrons. The minimum atomic E-state index is -4.72. The van der Waals surface area contributed by atoms with Gasteiger partial charge in [-0.1, -0.05) is 17.3 Å². The van der Waals surface area contributed by atoms with Crippen LogP contribution in [0.2, 0.25) is 0 Å². The quantitative estimate of drug-likeness (QED) is 0.535. The number of benzene rings is 1. The lowest BCUT2D eigenvalue weighted by Crippen LogP contribution is -2.23. The second-order valence-corrected chi connectivity index (χ2v) is 6.26. The van der Waals surface area contributed by atoms with Gasteiger partial charge in [0, 0.05) is 24.5 Å². The maximum absolute atomic E-state index is 12.6. The van der Waals surface area contributed by atoms with Crippen molar-refractivity contribution in [3.8, 4) is 17.1 Å². The molecular formula is C19H14F3N5O3. The average molecular weight is 417 g/mol. The molecule has 0 aliphatic rings. The van der Waals surface area contributed by atoms with Crippen LogP contribution in [0, 0.1) is 0 Å². The normalized spacial score (nSPS) is 11.6. The molecule has 30 heavy (non-hydrogen) atoms. The number of hydrogen-bond acceptors (Lipinski definition) is 6. The number of methoxy groups -OCH3 is 1. The van der Waals surface area contributed by atoms with E-state index in [0.717, 1.165) is 5.56 Å². The van der Waals surface area contributed by atoms with Crippen LogP contribution in [0.3, 0.4) is 0 Å². The number of carbonyl (C=O) groups is 1. The van der Waals surface area contributed by atoms with Crippen LogP contribution < -0.4 is 10.1 Å². The van der Waals surface area contributed by atoms with Gasteiger partial charge in [-0.3, -0.25) is 4.79 Å². The summed E-state index contributed by atoms with van der Waals surface area (Å²) < 4.78 is 48.8. The number of hydrogen-bond donors (Lipinski definition) is 1. The Hall–Kier alpha value is -3.89. The third kappa shape index (κ3) is 3.95. The largest absolute Gasteiger partial charge is 0.497 e. The molecule has 0 saturated heterocycles. The number of alkyl halides is 3. The number of halogens is 3. The smallest absolute Gasteiger partial charge is 0.471 e. The van der Waals surface area contributed by atoms with Gasteiger partial charge in [-0.15, -0.1) is 0 Å². The van der Waals surface area contributed by atoms with Gasteiger partial charge in [-0.2, -0.15) is 18.2 Å². The molecule has 0 fully saturated rings. The van der Waals surface area contributed by atoms with Gasteiger partial charge in [-0.25, -0.2) is 4.98 Å². The van der Waals surface area contributed by atoms with Crippen LogP contribution in [-0.4, -0.2) is 32.5 Å². The number of aromatic nitrogens is 4. The summed E-state index contributed by atoms with van der Waals surface area (Å²) in [5.74, 6) is -1.34. The Morgan fingerprint density at radius 2 is 1.97 bits per heavy atom. The Morgan fingerprint density at radius 3 is 2.63 bits per heavy atom. The standard InChI is InChI=1S/C19H14F3N5O3/c1-29-13-4-2-11(3-5-13)9-23-17(28)14-10-27-7-6-12(8-15(27)24-14)16-25-18(30-26-16)19(20,21)22/h2-8,10H,9H2,1H3,(H,23,28). The molecule has 4 aromatic rings. The lowest BCUT2D eigenvalue weighted by atomic mass is 10.2. The zero-order valence-electron chi connectivity index (χ0n) is 15.5. The summed E-state index contributed by atoms with van der Waals surface area (Å²) in [6.45, 7) is 0.297. The van der Waals surface area contributed by atoms with E-state index in [1.165, 1.54) is 18.3 Å². The van der Waals surface area contributed by atoms with Crippen LogP contribution in [0.25, 0.3) is 17.0 Å². The van der Waals surface area contributed by atoms with Crippen LogP contribution in [0.1, 0.15) is 21.9 Å². The molecule has 11 heteroatoms. The fraction of sp³-hybridized carbons (Fsp3) is 0.158. The highest BCUT2D eigenvalue weighted by Gasteiger charge is 2.38. The summed E-state index contributed by atoms with van der Waals surface area (Å²) in [7, 11) is 1.57. The Morgan fingerprint density at radius 1 is 1.20 bits per heavy atom. The topological polar surface area (TPSA) is 94.5 Å². The number of pyridine rings is 1. The fourth-order valence-corrected chi connectivity index (χ4v) is 2.70. The summed E-state index contributed by atoms with van der Waals surface area (Å²) in [5.41, 5.74) is 1.66. The van der Waals surface area contributed by atoms with Gasteiger partial charge in [-0.05, 0) is 29.8 Å². The van der Waals surface area contributed by atoms with Gasteiger partial charge < -0.3 is 19.0 Å². The van der Waals surface area contributed by atoms with Crippen molar-refractivity contribution in [1.82, 2.24) is 24.8 Å². The second-order valence-electron chi connectivity index (χ2n) is 6.26. The van der Waals surface area contributed by atoms with Crippen LogP contribution in [0.4, 0.5) is 13.2 Å². The molecule has 0 unspecified atom stereocenters. The summed E-state index contributed by atoms with van der Waals surface area (Å²) in [6, 6.07) is 10.2. The summed E-state index contributed by atoms with van der Waals surface area (Å²) in [6.07, 6.45) is -1.67. The second kappa shape index (κ2) is 7.50. The maximum atomic E-state index is 12.6. The van der Waals surface area contributed by atoms with E-state index >= 15 is 0 Å². The Kier molecular flexibility index (Phi) is 4.86. The first-order valence-electron chi connectivity index (χ1n) is 8.64. The number of nitrogens with zero attached hydrogens (tertiary/aromatic N) is 4. The number of ether oxygens (including phenoxy) is 1. The van der Waals surface area contributed by atoms with E-state index < -0.39 is 18.0 Å².